The fourth-order valence-electron chi connectivity index (χ4n) is 8.18. The molecule has 3 amide bonds. The Morgan fingerprint density at radius 3 is 2.18 bits per heavy atom. The quantitative estimate of drug-likeness (QED) is 0.0850. The number of carbonyl (C=O) groups is 3. The highest BCUT2D eigenvalue weighted by atomic mass is 32.2. The molecule has 1 heterocycles. The van der Waals surface area contributed by atoms with Crippen LogP contribution in [0, 0.1) is 11.8 Å². The Balaban J connectivity index is 1.17. The molecule has 2 aliphatic carbocycles. The second-order valence-corrected chi connectivity index (χ2v) is 18.4. The Bertz CT molecular complexity index is 2350. The number of amides is 3. The third-order valence-electron chi connectivity index (χ3n) is 11.6. The number of H-pyrrole nitrogens is 2. The summed E-state index contributed by atoms with van der Waals surface area (Å²) in [5, 5.41) is 8.47. The van der Waals surface area contributed by atoms with Gasteiger partial charge in [0, 0.05) is 36.7 Å². The predicted octanol–water partition coefficient (Wildman–Crippen LogP) is 6.30. The molecule has 14 nitrogen and oxygen atoms in total. The van der Waals surface area contributed by atoms with Gasteiger partial charge >= 0.3 is 18.0 Å². The first-order valence-corrected chi connectivity index (χ1v) is 22.1. The van der Waals surface area contributed by atoms with Crippen LogP contribution in [0.3, 0.4) is 0 Å². The summed E-state index contributed by atoms with van der Waals surface area (Å²) in [4.78, 5) is 58.1. The molecule has 0 spiro atoms. The number of sulfonamides is 1. The molecular weight excluding hydrogens is 816 g/mol. The van der Waals surface area contributed by atoms with Gasteiger partial charge in [0.2, 0.25) is 21.8 Å². The van der Waals surface area contributed by atoms with E-state index in [-0.39, 0.29) is 41.5 Å². The zero-order valence-corrected chi connectivity index (χ0v) is 35.5. The number of nitrogens with zero attached hydrogens (tertiary/aromatic N) is 1. The van der Waals surface area contributed by atoms with Crippen molar-refractivity contribution in [3.05, 3.63) is 82.3 Å². The van der Waals surface area contributed by atoms with Gasteiger partial charge in [0.1, 0.15) is 6.04 Å². The van der Waals surface area contributed by atoms with Crippen LogP contribution in [0.1, 0.15) is 76.3 Å². The molecule has 61 heavy (non-hydrogen) atoms. The Labute approximate surface area is 352 Å². The highest BCUT2D eigenvalue weighted by molar-refractivity contribution is 7.89. The average Bonchev–Trinajstić information content (AvgIpc) is 3.58. The normalized spacial score (nSPS) is 20.3. The Morgan fingerprint density at radius 2 is 1.54 bits per heavy atom. The van der Waals surface area contributed by atoms with Gasteiger partial charge in [-0.3, -0.25) is 9.59 Å². The van der Waals surface area contributed by atoms with Gasteiger partial charge in [0.15, 0.2) is 0 Å². The number of benzene rings is 3. The summed E-state index contributed by atoms with van der Waals surface area (Å²) < 4.78 is 78.0. The number of ether oxygens (including phenoxy) is 1. The lowest BCUT2D eigenvalue weighted by atomic mass is 9.81. The minimum atomic E-state index is -4.87. The van der Waals surface area contributed by atoms with E-state index in [9.17, 15) is 40.8 Å². The molecule has 2 aliphatic rings. The van der Waals surface area contributed by atoms with E-state index in [4.69, 9.17) is 4.74 Å². The number of alkyl halides is 3. The van der Waals surface area contributed by atoms with E-state index in [0.717, 1.165) is 18.9 Å². The lowest BCUT2D eigenvalue weighted by molar-refractivity contribution is -0.137. The number of anilines is 1. The number of aromatic amines is 2. The number of rotatable bonds is 14. The Hall–Kier alpha value is -5.20. The fourth-order valence-corrected chi connectivity index (χ4v) is 9.51. The minimum Gasteiger partial charge on any atom is -0.447 e. The largest absolute Gasteiger partial charge is 0.447 e. The number of nitrogens with one attached hydrogen (secondary N) is 6. The number of halogens is 3. The van der Waals surface area contributed by atoms with Crippen LogP contribution in [-0.4, -0.2) is 86.1 Å². The number of fused-ring (bicyclic) bond motifs is 1. The van der Waals surface area contributed by atoms with Crippen molar-refractivity contribution >= 4 is 44.7 Å². The number of hydrogen-bond donors (Lipinski definition) is 6. The van der Waals surface area contributed by atoms with Crippen LogP contribution >= 0.6 is 0 Å². The first-order valence-electron chi connectivity index (χ1n) is 20.6. The first-order chi connectivity index (χ1) is 28.8. The molecule has 0 saturated heterocycles. The number of imidazole rings is 1. The zero-order chi connectivity index (χ0) is 44.1. The molecule has 3 aromatic carbocycles. The van der Waals surface area contributed by atoms with Crippen molar-refractivity contribution < 1.29 is 40.7 Å². The van der Waals surface area contributed by atoms with E-state index in [2.05, 4.69) is 35.5 Å². The lowest BCUT2D eigenvalue weighted by Gasteiger charge is -2.32. The summed E-state index contributed by atoms with van der Waals surface area (Å²) in [7, 11) is -0.321. The van der Waals surface area contributed by atoms with Gasteiger partial charge < -0.3 is 35.6 Å². The van der Waals surface area contributed by atoms with Gasteiger partial charge in [-0.15, -0.1) is 0 Å². The molecule has 0 unspecified atom stereocenters. The number of hydrogen-bond acceptors (Lipinski definition) is 8. The van der Waals surface area contributed by atoms with Crippen molar-refractivity contribution in [3.8, 4) is 11.1 Å². The van der Waals surface area contributed by atoms with Crippen LogP contribution in [0.15, 0.2) is 70.4 Å². The van der Waals surface area contributed by atoms with Crippen molar-refractivity contribution in [1.29, 1.82) is 0 Å². The van der Waals surface area contributed by atoms with E-state index < -0.39 is 56.3 Å². The molecule has 0 bridgehead atoms. The van der Waals surface area contributed by atoms with Crippen molar-refractivity contribution in [3.63, 3.8) is 0 Å². The van der Waals surface area contributed by atoms with Crippen LogP contribution in [0.4, 0.5) is 23.7 Å². The standard InChI is InChI=1S/C43H54F3N7O7S/c1-25(2)60-42(57)47-24-27-7-11-29(12-8-27)39(54)49-38(40(55)48-31-15-20-36-37(22-31)51-41(56)50-36)21-26-5-9-28(10-6-26)34-19-18-33(23-35(34)43(44,45)46)61(58,59)52-30-13-16-32(17-14-30)53(3)4/h5-6,9-10,15,18-20,22-23,25,27,29-30,32,38,52H,7-8,11-14,16-17,21,24H2,1-4H3,(H,47,57)(H,48,55)(H,49,54)(H2,50,51,56)/t27?,29?,30?,32?,38-/m0/s1. The molecule has 4 aromatic rings. The molecule has 0 radical (unpaired) electrons. The van der Waals surface area contributed by atoms with Crippen LogP contribution in [-0.2, 0) is 36.9 Å². The highest BCUT2D eigenvalue weighted by Crippen LogP contribution is 2.39. The van der Waals surface area contributed by atoms with Gasteiger partial charge in [-0.25, -0.2) is 22.7 Å². The number of aromatic nitrogens is 2. The lowest BCUT2D eigenvalue weighted by Crippen LogP contribution is -2.48. The third-order valence-corrected chi connectivity index (χ3v) is 13.1. The van der Waals surface area contributed by atoms with Crippen molar-refractivity contribution in [1.82, 2.24) is 30.2 Å². The second kappa shape index (κ2) is 19.2. The molecule has 330 valence electrons. The van der Waals surface area contributed by atoms with Crippen molar-refractivity contribution in [2.45, 2.75) is 107 Å². The van der Waals surface area contributed by atoms with Crippen LogP contribution in [0.2, 0.25) is 0 Å². The van der Waals surface area contributed by atoms with Crippen LogP contribution in [0.5, 0.6) is 0 Å². The summed E-state index contributed by atoms with van der Waals surface area (Å²) in [6, 6.07) is 12.7. The topological polar surface area (TPSA) is 195 Å². The summed E-state index contributed by atoms with van der Waals surface area (Å²) in [5.41, 5.74) is 0.347. The summed E-state index contributed by atoms with van der Waals surface area (Å²) in [5.74, 6) is -1.11. The zero-order valence-electron chi connectivity index (χ0n) is 34.7. The molecule has 18 heteroatoms. The summed E-state index contributed by atoms with van der Waals surface area (Å²) in [6.45, 7) is 3.94. The first kappa shape index (κ1) is 45.3. The maximum atomic E-state index is 14.5. The highest BCUT2D eigenvalue weighted by Gasteiger charge is 2.36. The molecule has 6 N–H and O–H groups in total. The summed E-state index contributed by atoms with van der Waals surface area (Å²) >= 11 is 0. The molecule has 2 saturated carbocycles. The predicted molar refractivity (Wildman–Crippen MR) is 225 cm³/mol. The number of alkyl carbamates (subject to hydrolysis) is 1. The smallest absolute Gasteiger partial charge is 0.417 e. The molecule has 2 fully saturated rings. The van der Waals surface area contributed by atoms with Gasteiger partial charge in [0.25, 0.3) is 0 Å². The van der Waals surface area contributed by atoms with Crippen LogP contribution < -0.4 is 26.4 Å². The maximum absolute atomic E-state index is 14.5. The van der Waals surface area contributed by atoms with Gasteiger partial charge in [-0.05, 0) is 132 Å². The maximum Gasteiger partial charge on any atom is 0.417 e. The Kier molecular flexibility index (Phi) is 14.3. The van der Waals surface area contributed by atoms with Gasteiger partial charge in [0.05, 0.1) is 27.6 Å². The van der Waals surface area contributed by atoms with Crippen molar-refractivity contribution in [2.24, 2.45) is 11.8 Å². The van der Waals surface area contributed by atoms with E-state index in [0.29, 0.717) is 79.5 Å². The SMILES string of the molecule is CC(C)OC(=O)NCC1CCC(C(=O)N[C@@H](Cc2ccc(-c3ccc(S(=O)(=O)NC4CCC(N(C)C)CC4)cc3C(F)(F)F)cc2)C(=O)Nc2ccc3[nH]c(=O)[nH]c3c2)CC1. The number of carbonyl (C=O) groups excluding carboxylic acids is 3. The van der Waals surface area contributed by atoms with E-state index in [1.807, 2.05) is 14.1 Å². The van der Waals surface area contributed by atoms with E-state index in [1.165, 1.54) is 18.2 Å². The fraction of sp³-hybridized carbons (Fsp3) is 0.488. The molecule has 1 aromatic heterocycles. The summed E-state index contributed by atoms with van der Waals surface area (Å²) in [6.07, 6.45) is -0.508. The molecule has 0 aliphatic heterocycles. The second-order valence-electron chi connectivity index (χ2n) is 16.6. The van der Waals surface area contributed by atoms with Crippen LogP contribution in [0.25, 0.3) is 22.2 Å². The van der Waals surface area contributed by atoms with E-state index >= 15 is 0 Å². The molecule has 1 atom stereocenters. The third kappa shape index (κ3) is 12.0. The molecule has 6 rings (SSSR count). The average molecular weight is 870 g/mol. The Morgan fingerprint density at radius 1 is 0.869 bits per heavy atom. The van der Waals surface area contributed by atoms with Crippen molar-refractivity contribution in [2.75, 3.05) is 26.0 Å². The van der Waals surface area contributed by atoms with Gasteiger partial charge in [-0.1, -0.05) is 30.3 Å². The minimum absolute atomic E-state index is 0.0102. The van der Waals surface area contributed by atoms with E-state index in [1.54, 1.807) is 44.2 Å². The molecular formula is C43H54F3N7O7S. The van der Waals surface area contributed by atoms with Gasteiger partial charge in [-0.2, -0.15) is 13.2 Å². The monoisotopic (exact) mass is 869 g/mol.